The van der Waals surface area contributed by atoms with Crippen LogP contribution in [0.4, 0.5) is 4.39 Å². The quantitative estimate of drug-likeness (QED) is 0.658. The van der Waals surface area contributed by atoms with Crippen LogP contribution in [0.5, 0.6) is 0 Å². The zero-order chi connectivity index (χ0) is 10.6. The van der Waals surface area contributed by atoms with Gasteiger partial charge < -0.3 is 0 Å². The van der Waals surface area contributed by atoms with E-state index in [0.29, 0.717) is 5.92 Å². The maximum absolute atomic E-state index is 12.9. The summed E-state index contributed by atoms with van der Waals surface area (Å²) in [4.78, 5) is 0. The lowest BCUT2D eigenvalue weighted by Gasteiger charge is -2.05. The van der Waals surface area contributed by atoms with E-state index in [1.54, 1.807) is 12.1 Å². The zero-order valence-corrected chi connectivity index (χ0v) is 9.31. The topological polar surface area (TPSA) is 0 Å². The fourth-order valence-corrected chi connectivity index (χ4v) is 1.66. The van der Waals surface area contributed by atoms with Crippen LogP contribution in [0.3, 0.4) is 0 Å². The molecule has 0 amide bonds. The molecule has 0 N–H and O–H groups in total. The number of hydrogen-bond acceptors (Lipinski definition) is 0. The molecule has 1 aromatic rings. The van der Waals surface area contributed by atoms with Crippen LogP contribution >= 0.6 is 0 Å². The average molecular weight is 194 g/mol. The second-order valence-corrected chi connectivity index (χ2v) is 3.47. The van der Waals surface area contributed by atoms with Gasteiger partial charge in [0, 0.05) is 0 Å². The number of rotatable bonds is 2. The van der Waals surface area contributed by atoms with E-state index < -0.39 is 0 Å². The number of benzene rings is 1. The smallest absolute Gasteiger partial charge is 0.123 e. The third kappa shape index (κ3) is 2.57. The summed E-state index contributed by atoms with van der Waals surface area (Å²) in [5, 5.41) is 0. The average Bonchev–Trinajstić information content (AvgIpc) is 3.04. The van der Waals surface area contributed by atoms with E-state index in [9.17, 15) is 4.39 Å². The monoisotopic (exact) mass is 194 g/mol. The molecule has 0 bridgehead atoms. The molecular weight excluding hydrogens is 175 g/mol. The lowest BCUT2D eigenvalue weighted by molar-refractivity contribution is 0.624. The summed E-state index contributed by atoms with van der Waals surface area (Å²) in [7, 11) is 0. The third-order valence-corrected chi connectivity index (χ3v) is 2.51. The maximum atomic E-state index is 12.9. The van der Waals surface area contributed by atoms with Gasteiger partial charge in [-0.2, -0.15) is 0 Å². The Labute approximate surface area is 86.2 Å². The normalized spacial score (nSPS) is 14.6. The van der Waals surface area contributed by atoms with Crippen LogP contribution in [-0.2, 0) is 6.42 Å². The van der Waals surface area contributed by atoms with Crippen molar-refractivity contribution < 1.29 is 4.39 Å². The Morgan fingerprint density at radius 2 is 1.93 bits per heavy atom. The van der Waals surface area contributed by atoms with Gasteiger partial charge in [0.2, 0.25) is 0 Å². The van der Waals surface area contributed by atoms with Crippen molar-refractivity contribution in [1.29, 1.82) is 0 Å². The van der Waals surface area contributed by atoms with Crippen molar-refractivity contribution >= 4 is 0 Å². The lowest BCUT2D eigenvalue weighted by atomic mass is 10.0. The van der Waals surface area contributed by atoms with Crippen LogP contribution < -0.4 is 0 Å². The molecule has 1 saturated carbocycles. The maximum Gasteiger partial charge on any atom is 0.123 e. The summed E-state index contributed by atoms with van der Waals surface area (Å²) in [6.45, 7) is 6.12. The van der Waals surface area contributed by atoms with E-state index in [1.807, 2.05) is 19.9 Å². The molecule has 0 saturated heterocycles. The molecule has 1 fully saturated rings. The molecule has 0 radical (unpaired) electrons. The molecule has 0 atom stereocenters. The second kappa shape index (κ2) is 5.14. The summed E-state index contributed by atoms with van der Waals surface area (Å²) in [5.41, 5.74) is 2.57. The molecule has 1 aromatic carbocycles. The number of aryl methyl sites for hydroxylation is 1. The van der Waals surface area contributed by atoms with Gasteiger partial charge in [0.1, 0.15) is 5.82 Å². The van der Waals surface area contributed by atoms with Gasteiger partial charge in [-0.3, -0.25) is 0 Å². The van der Waals surface area contributed by atoms with Gasteiger partial charge in [-0.25, -0.2) is 4.39 Å². The molecule has 1 aliphatic carbocycles. The fraction of sp³-hybridized carbons (Fsp3) is 0.538. The minimum atomic E-state index is -0.0888. The van der Waals surface area contributed by atoms with E-state index in [1.165, 1.54) is 24.0 Å². The summed E-state index contributed by atoms with van der Waals surface area (Å²) in [5.74, 6) is 0.574. The molecule has 0 unspecified atom stereocenters. The zero-order valence-electron chi connectivity index (χ0n) is 9.31. The predicted octanol–water partition coefficient (Wildman–Crippen LogP) is 4.29. The highest BCUT2D eigenvalue weighted by molar-refractivity contribution is 5.33. The standard InChI is InChI=1S/C11H13F.C2H6/c1-2-8-5-6-10(12)7-11(8)9-3-4-9;1-2/h5-7,9H,2-4H2,1H3;1-2H3. The minimum absolute atomic E-state index is 0.0888. The van der Waals surface area contributed by atoms with Crippen molar-refractivity contribution in [3.8, 4) is 0 Å². The van der Waals surface area contributed by atoms with Crippen molar-refractivity contribution in [1.82, 2.24) is 0 Å². The van der Waals surface area contributed by atoms with E-state index in [-0.39, 0.29) is 5.82 Å². The minimum Gasteiger partial charge on any atom is -0.207 e. The summed E-state index contributed by atoms with van der Waals surface area (Å²) < 4.78 is 12.9. The van der Waals surface area contributed by atoms with Crippen LogP contribution in [-0.4, -0.2) is 0 Å². The Balaban J connectivity index is 0.000000461. The van der Waals surface area contributed by atoms with Crippen molar-refractivity contribution in [2.24, 2.45) is 0 Å². The molecular formula is C13H19F. The van der Waals surface area contributed by atoms with Crippen molar-refractivity contribution in [3.63, 3.8) is 0 Å². The van der Waals surface area contributed by atoms with Crippen molar-refractivity contribution in [2.75, 3.05) is 0 Å². The lowest BCUT2D eigenvalue weighted by Crippen LogP contribution is -1.91. The van der Waals surface area contributed by atoms with Gasteiger partial charge in [0.05, 0.1) is 0 Å². The Hall–Kier alpha value is -0.850. The molecule has 1 heteroatoms. The fourth-order valence-electron chi connectivity index (χ4n) is 1.66. The summed E-state index contributed by atoms with van der Waals surface area (Å²) >= 11 is 0. The van der Waals surface area contributed by atoms with Crippen LogP contribution in [0, 0.1) is 5.82 Å². The first-order valence-corrected chi connectivity index (χ1v) is 5.59. The highest BCUT2D eigenvalue weighted by Crippen LogP contribution is 2.41. The Morgan fingerprint density at radius 1 is 1.29 bits per heavy atom. The van der Waals surface area contributed by atoms with Crippen LogP contribution in [0.15, 0.2) is 18.2 Å². The molecule has 14 heavy (non-hydrogen) atoms. The Bertz CT molecular complexity index is 287. The molecule has 0 aromatic heterocycles. The molecule has 78 valence electrons. The molecule has 0 spiro atoms. The number of halogens is 1. The predicted molar refractivity (Wildman–Crippen MR) is 59.1 cm³/mol. The first kappa shape index (κ1) is 11.2. The first-order chi connectivity index (χ1) is 6.81. The Morgan fingerprint density at radius 3 is 2.43 bits per heavy atom. The summed E-state index contributed by atoms with van der Waals surface area (Å²) in [6.07, 6.45) is 3.51. The van der Waals surface area contributed by atoms with Gasteiger partial charge >= 0.3 is 0 Å². The highest BCUT2D eigenvalue weighted by Gasteiger charge is 2.25. The van der Waals surface area contributed by atoms with Gasteiger partial charge in [-0.05, 0) is 48.4 Å². The largest absolute Gasteiger partial charge is 0.207 e. The van der Waals surface area contributed by atoms with Crippen molar-refractivity contribution in [2.45, 2.75) is 46.0 Å². The molecule has 0 aliphatic heterocycles. The van der Waals surface area contributed by atoms with Crippen molar-refractivity contribution in [3.05, 3.63) is 35.1 Å². The summed E-state index contributed by atoms with van der Waals surface area (Å²) in [6, 6.07) is 5.18. The second-order valence-electron chi connectivity index (χ2n) is 3.47. The third-order valence-electron chi connectivity index (χ3n) is 2.51. The van der Waals surface area contributed by atoms with Gasteiger partial charge in [-0.15, -0.1) is 0 Å². The van der Waals surface area contributed by atoms with Crippen LogP contribution in [0.1, 0.15) is 50.7 Å². The first-order valence-electron chi connectivity index (χ1n) is 5.59. The molecule has 0 heterocycles. The Kier molecular flexibility index (Phi) is 4.12. The van der Waals surface area contributed by atoms with Crippen LogP contribution in [0.2, 0.25) is 0 Å². The molecule has 1 aliphatic rings. The van der Waals surface area contributed by atoms with Gasteiger partial charge in [-0.1, -0.05) is 26.8 Å². The SMILES string of the molecule is CC.CCc1ccc(F)cc1C1CC1. The van der Waals surface area contributed by atoms with Crippen LogP contribution in [0.25, 0.3) is 0 Å². The van der Waals surface area contributed by atoms with Gasteiger partial charge in [0.25, 0.3) is 0 Å². The highest BCUT2D eigenvalue weighted by atomic mass is 19.1. The molecule has 2 rings (SSSR count). The van der Waals surface area contributed by atoms with E-state index in [2.05, 4.69) is 6.92 Å². The van der Waals surface area contributed by atoms with Gasteiger partial charge in [0.15, 0.2) is 0 Å². The van der Waals surface area contributed by atoms with E-state index in [0.717, 1.165) is 6.42 Å². The molecule has 0 nitrogen and oxygen atoms in total. The van der Waals surface area contributed by atoms with E-state index >= 15 is 0 Å². The van der Waals surface area contributed by atoms with E-state index in [4.69, 9.17) is 0 Å². The number of hydrogen-bond donors (Lipinski definition) is 0.